The van der Waals surface area contributed by atoms with Gasteiger partial charge in [-0.15, -0.1) is 0 Å². The summed E-state index contributed by atoms with van der Waals surface area (Å²) in [5.74, 6) is -0.582. The van der Waals surface area contributed by atoms with Crippen LogP contribution in [0, 0.1) is 6.92 Å². The molecule has 0 spiro atoms. The first kappa shape index (κ1) is 11.2. The van der Waals surface area contributed by atoms with E-state index in [1.54, 1.807) is 25.1 Å². The highest BCUT2D eigenvalue weighted by molar-refractivity contribution is 5.96. The van der Waals surface area contributed by atoms with E-state index in [2.05, 4.69) is 5.32 Å². The Kier molecular flexibility index (Phi) is 3.44. The number of amides is 2. The zero-order valence-corrected chi connectivity index (χ0v) is 8.83. The molecule has 4 heteroatoms. The van der Waals surface area contributed by atoms with E-state index in [4.69, 9.17) is 5.73 Å². The first-order chi connectivity index (χ1) is 7.04. The number of hydrogen-bond acceptors (Lipinski definition) is 2. The molecule has 4 nitrogen and oxygen atoms in total. The number of primary amides is 1. The minimum absolute atomic E-state index is 0.0836. The highest BCUT2D eigenvalue weighted by Gasteiger charge is 2.06. The van der Waals surface area contributed by atoms with Gasteiger partial charge < -0.3 is 11.1 Å². The second-order valence-corrected chi connectivity index (χ2v) is 3.30. The van der Waals surface area contributed by atoms with Crippen LogP contribution in [0.5, 0.6) is 0 Å². The van der Waals surface area contributed by atoms with Gasteiger partial charge in [0.05, 0.1) is 0 Å². The van der Waals surface area contributed by atoms with Gasteiger partial charge in [-0.1, -0.05) is 13.0 Å². The van der Waals surface area contributed by atoms with E-state index in [1.807, 2.05) is 6.92 Å². The van der Waals surface area contributed by atoms with Crippen molar-refractivity contribution in [1.29, 1.82) is 0 Å². The predicted octanol–water partition coefficient (Wildman–Crippen LogP) is 1.44. The minimum atomic E-state index is -0.498. The molecule has 15 heavy (non-hydrogen) atoms. The molecule has 0 fully saturated rings. The van der Waals surface area contributed by atoms with Crippen molar-refractivity contribution >= 4 is 17.5 Å². The molecule has 1 rings (SSSR count). The number of rotatable bonds is 3. The van der Waals surface area contributed by atoms with Gasteiger partial charge in [-0.05, 0) is 24.6 Å². The Hall–Kier alpha value is -1.84. The van der Waals surface area contributed by atoms with Crippen LogP contribution in [0.4, 0.5) is 5.69 Å². The van der Waals surface area contributed by atoms with Gasteiger partial charge in [0, 0.05) is 17.7 Å². The van der Waals surface area contributed by atoms with Gasteiger partial charge in [-0.3, -0.25) is 9.59 Å². The second-order valence-electron chi connectivity index (χ2n) is 3.30. The van der Waals surface area contributed by atoms with Crippen LogP contribution in [0.25, 0.3) is 0 Å². The smallest absolute Gasteiger partial charge is 0.248 e. The number of carbonyl (C=O) groups is 2. The fourth-order valence-corrected chi connectivity index (χ4v) is 1.15. The fraction of sp³-hybridized carbons (Fsp3) is 0.273. The second kappa shape index (κ2) is 4.59. The maximum absolute atomic E-state index is 11.2. The number of carbonyl (C=O) groups excluding carboxylic acids is 2. The van der Waals surface area contributed by atoms with Crippen LogP contribution in [0.3, 0.4) is 0 Å². The lowest BCUT2D eigenvalue weighted by atomic mass is 10.1. The van der Waals surface area contributed by atoms with Crippen LogP contribution >= 0.6 is 0 Å². The molecule has 0 radical (unpaired) electrons. The third-order valence-electron chi connectivity index (χ3n) is 2.12. The highest BCUT2D eigenvalue weighted by atomic mass is 16.2. The summed E-state index contributed by atoms with van der Waals surface area (Å²) in [5.41, 5.74) is 7.08. The number of nitrogens with two attached hydrogens (primary N) is 1. The van der Waals surface area contributed by atoms with Crippen LogP contribution in [-0.4, -0.2) is 11.8 Å². The Morgan fingerprint density at radius 1 is 1.40 bits per heavy atom. The standard InChI is InChI=1S/C11H14N2O2/c1-3-10(14)13-9-6-8(11(12)15)5-4-7(9)2/h4-6H,3H2,1-2H3,(H2,12,15)(H,13,14). The number of benzene rings is 1. The van der Waals surface area contributed by atoms with Gasteiger partial charge in [0.15, 0.2) is 0 Å². The molecule has 0 aliphatic carbocycles. The van der Waals surface area contributed by atoms with Gasteiger partial charge in [-0.2, -0.15) is 0 Å². The maximum Gasteiger partial charge on any atom is 0.248 e. The highest BCUT2D eigenvalue weighted by Crippen LogP contribution is 2.16. The summed E-state index contributed by atoms with van der Waals surface area (Å²) < 4.78 is 0. The van der Waals surface area contributed by atoms with Crippen LogP contribution in [-0.2, 0) is 4.79 Å². The van der Waals surface area contributed by atoms with Crippen LogP contribution in [0.1, 0.15) is 29.3 Å². The SMILES string of the molecule is CCC(=O)Nc1cc(C(N)=O)ccc1C. The van der Waals surface area contributed by atoms with Gasteiger partial charge in [0.2, 0.25) is 11.8 Å². The summed E-state index contributed by atoms with van der Waals surface area (Å²) in [6.07, 6.45) is 0.403. The van der Waals surface area contributed by atoms with Crippen LogP contribution in [0.2, 0.25) is 0 Å². The van der Waals surface area contributed by atoms with E-state index in [0.717, 1.165) is 5.56 Å². The van der Waals surface area contributed by atoms with E-state index in [-0.39, 0.29) is 5.91 Å². The number of aryl methyl sites for hydroxylation is 1. The Bertz CT molecular complexity index is 400. The lowest BCUT2D eigenvalue weighted by Crippen LogP contribution is -2.14. The first-order valence-corrected chi connectivity index (χ1v) is 4.75. The molecular formula is C11H14N2O2. The van der Waals surface area contributed by atoms with E-state index >= 15 is 0 Å². The summed E-state index contributed by atoms with van der Waals surface area (Å²) in [5, 5.41) is 2.71. The third kappa shape index (κ3) is 2.80. The third-order valence-corrected chi connectivity index (χ3v) is 2.12. The van der Waals surface area contributed by atoms with Crippen LogP contribution < -0.4 is 11.1 Å². The van der Waals surface area contributed by atoms with Crippen molar-refractivity contribution in [3.05, 3.63) is 29.3 Å². The zero-order valence-electron chi connectivity index (χ0n) is 8.83. The topological polar surface area (TPSA) is 72.2 Å². The molecule has 0 unspecified atom stereocenters. The Morgan fingerprint density at radius 3 is 2.60 bits per heavy atom. The number of hydrogen-bond donors (Lipinski definition) is 2. The van der Waals surface area contributed by atoms with Gasteiger partial charge in [0.1, 0.15) is 0 Å². The van der Waals surface area contributed by atoms with E-state index in [1.165, 1.54) is 0 Å². The minimum Gasteiger partial charge on any atom is -0.366 e. The molecule has 0 atom stereocenters. The normalized spacial score (nSPS) is 9.73. The molecule has 0 aliphatic heterocycles. The molecule has 0 aromatic heterocycles. The van der Waals surface area contributed by atoms with Crippen molar-refractivity contribution in [2.45, 2.75) is 20.3 Å². The Morgan fingerprint density at radius 2 is 2.07 bits per heavy atom. The lowest BCUT2D eigenvalue weighted by molar-refractivity contribution is -0.115. The van der Waals surface area contributed by atoms with Gasteiger partial charge >= 0.3 is 0 Å². The van der Waals surface area contributed by atoms with Crippen molar-refractivity contribution < 1.29 is 9.59 Å². The van der Waals surface area contributed by atoms with Crippen molar-refractivity contribution in [3.63, 3.8) is 0 Å². The summed E-state index contributed by atoms with van der Waals surface area (Å²) in [6.45, 7) is 3.62. The molecule has 0 bridgehead atoms. The van der Waals surface area contributed by atoms with E-state index in [9.17, 15) is 9.59 Å². The van der Waals surface area contributed by atoms with E-state index < -0.39 is 5.91 Å². The molecule has 3 N–H and O–H groups in total. The number of nitrogens with one attached hydrogen (secondary N) is 1. The Labute approximate surface area is 88.5 Å². The van der Waals surface area contributed by atoms with Crippen molar-refractivity contribution in [2.24, 2.45) is 5.73 Å². The molecule has 0 saturated carbocycles. The zero-order chi connectivity index (χ0) is 11.4. The molecule has 1 aromatic rings. The molecular weight excluding hydrogens is 192 g/mol. The average Bonchev–Trinajstić information content (AvgIpc) is 2.20. The lowest BCUT2D eigenvalue weighted by Gasteiger charge is -2.08. The van der Waals surface area contributed by atoms with Crippen molar-refractivity contribution in [1.82, 2.24) is 0 Å². The largest absolute Gasteiger partial charge is 0.366 e. The molecule has 2 amide bonds. The van der Waals surface area contributed by atoms with Crippen molar-refractivity contribution in [3.8, 4) is 0 Å². The average molecular weight is 206 g/mol. The molecule has 0 saturated heterocycles. The molecule has 0 aliphatic rings. The summed E-state index contributed by atoms with van der Waals surface area (Å²) in [4.78, 5) is 22.1. The molecule has 80 valence electrons. The van der Waals surface area contributed by atoms with Crippen LogP contribution in [0.15, 0.2) is 18.2 Å². The maximum atomic E-state index is 11.2. The van der Waals surface area contributed by atoms with E-state index in [0.29, 0.717) is 17.7 Å². The fourth-order valence-electron chi connectivity index (χ4n) is 1.15. The summed E-state index contributed by atoms with van der Waals surface area (Å²) >= 11 is 0. The Balaban J connectivity index is 3.00. The number of anilines is 1. The monoisotopic (exact) mass is 206 g/mol. The predicted molar refractivity (Wildman–Crippen MR) is 58.6 cm³/mol. The summed E-state index contributed by atoms with van der Waals surface area (Å²) in [7, 11) is 0. The first-order valence-electron chi connectivity index (χ1n) is 4.75. The summed E-state index contributed by atoms with van der Waals surface area (Å²) in [6, 6.07) is 4.98. The van der Waals surface area contributed by atoms with Gasteiger partial charge in [0.25, 0.3) is 0 Å². The molecule has 1 aromatic carbocycles. The van der Waals surface area contributed by atoms with Crippen molar-refractivity contribution in [2.75, 3.05) is 5.32 Å². The van der Waals surface area contributed by atoms with Gasteiger partial charge in [-0.25, -0.2) is 0 Å². The quantitative estimate of drug-likeness (QED) is 0.785. The molecule has 0 heterocycles.